The molecule has 9 heavy (non-hydrogen) atoms. The Labute approximate surface area is 58.6 Å². The van der Waals surface area contributed by atoms with Crippen molar-refractivity contribution in [3.05, 3.63) is 0 Å². The van der Waals surface area contributed by atoms with Gasteiger partial charge in [0.1, 0.15) is 6.04 Å². The molecule has 3 N–H and O–H groups in total. The van der Waals surface area contributed by atoms with E-state index < -0.39 is 18.1 Å². The first-order valence-electron chi connectivity index (χ1n) is 2.38. The quantitative estimate of drug-likeness (QED) is 0.381. The molecule has 0 bridgehead atoms. The number of thiol groups is 1. The van der Waals surface area contributed by atoms with Crippen LogP contribution in [0.5, 0.6) is 0 Å². The summed E-state index contributed by atoms with van der Waals surface area (Å²) in [7, 11) is 0. The van der Waals surface area contributed by atoms with Gasteiger partial charge in [0.15, 0.2) is 0 Å². The normalized spacial score (nSPS) is 16.8. The van der Waals surface area contributed by atoms with E-state index in [1.54, 1.807) is 0 Å². The molecule has 0 aromatic heterocycles. The van der Waals surface area contributed by atoms with Gasteiger partial charge in [0.25, 0.3) is 0 Å². The maximum Gasteiger partial charge on any atom is 0.323 e. The van der Waals surface area contributed by atoms with E-state index in [1.165, 1.54) is 6.92 Å². The number of carbonyl (C=O) groups is 1. The van der Waals surface area contributed by atoms with E-state index in [2.05, 4.69) is 17.1 Å². The van der Waals surface area contributed by atoms with E-state index in [4.69, 9.17) is 10.8 Å². The van der Waals surface area contributed by atoms with E-state index >= 15 is 0 Å². The molecule has 0 radical (unpaired) electrons. The van der Waals surface area contributed by atoms with Crippen LogP contribution in [-0.2, 0) is 8.98 Å². The molecule has 0 fully saturated rings. The fraction of sp³-hybridized carbons (Fsp3) is 0.750. The van der Waals surface area contributed by atoms with Gasteiger partial charge in [-0.15, -0.1) is 0 Å². The summed E-state index contributed by atoms with van der Waals surface area (Å²) in [6, 6.07) is -0.998. The molecule has 0 aromatic carbocycles. The molecule has 0 amide bonds. The van der Waals surface area contributed by atoms with Crippen LogP contribution < -0.4 is 5.73 Å². The molecule has 0 saturated heterocycles. The van der Waals surface area contributed by atoms with E-state index in [0.717, 1.165) is 0 Å². The maximum absolute atomic E-state index is 10.1. The van der Waals surface area contributed by atoms with Crippen molar-refractivity contribution in [2.24, 2.45) is 5.73 Å². The first-order chi connectivity index (χ1) is 4.09. The predicted molar refractivity (Wildman–Crippen MR) is 35.1 cm³/mol. The Hall–Kier alpha value is -0.260. The van der Waals surface area contributed by atoms with E-state index in [9.17, 15) is 4.79 Å². The summed E-state index contributed by atoms with van der Waals surface area (Å²) >= 11 is 3.41. The summed E-state index contributed by atoms with van der Waals surface area (Å²) in [6.45, 7) is 1.53. The Morgan fingerprint density at radius 3 is 2.44 bits per heavy atom. The summed E-state index contributed by atoms with van der Waals surface area (Å²) in [6.07, 6.45) is -0.564. The molecular formula is C4H9NO3S. The van der Waals surface area contributed by atoms with Crippen LogP contribution in [0.1, 0.15) is 6.92 Å². The van der Waals surface area contributed by atoms with Gasteiger partial charge >= 0.3 is 5.97 Å². The van der Waals surface area contributed by atoms with Crippen LogP contribution >= 0.6 is 12.9 Å². The van der Waals surface area contributed by atoms with Crippen molar-refractivity contribution in [3.63, 3.8) is 0 Å². The van der Waals surface area contributed by atoms with Crippen LogP contribution in [0.25, 0.3) is 0 Å². The Morgan fingerprint density at radius 2 is 2.33 bits per heavy atom. The summed E-state index contributed by atoms with van der Waals surface area (Å²) < 4.78 is 4.36. The smallest absolute Gasteiger partial charge is 0.323 e. The largest absolute Gasteiger partial charge is 0.480 e. The van der Waals surface area contributed by atoms with Crippen molar-refractivity contribution in [2.75, 3.05) is 0 Å². The molecule has 0 aliphatic heterocycles. The SMILES string of the molecule is C[C@@H](OS)[C@H](N)C(=O)O. The molecule has 4 nitrogen and oxygen atoms in total. The van der Waals surface area contributed by atoms with Gasteiger partial charge in [-0.25, -0.2) is 0 Å². The van der Waals surface area contributed by atoms with Crippen molar-refractivity contribution in [1.29, 1.82) is 0 Å². The fourth-order valence-corrected chi connectivity index (χ4v) is 0.397. The zero-order valence-corrected chi connectivity index (χ0v) is 5.84. The van der Waals surface area contributed by atoms with Crippen LogP contribution in [-0.4, -0.2) is 23.2 Å². The van der Waals surface area contributed by atoms with Crippen LogP contribution in [0.2, 0.25) is 0 Å². The number of rotatable bonds is 3. The highest BCUT2D eigenvalue weighted by molar-refractivity contribution is 7.75. The lowest BCUT2D eigenvalue weighted by atomic mass is 10.2. The predicted octanol–water partition coefficient (Wildman–Crippen LogP) is -0.352. The molecule has 5 heteroatoms. The molecule has 2 atom stereocenters. The lowest BCUT2D eigenvalue weighted by Crippen LogP contribution is -2.40. The average molecular weight is 151 g/mol. The molecule has 0 aliphatic rings. The Morgan fingerprint density at radius 1 is 1.89 bits per heavy atom. The zero-order valence-electron chi connectivity index (χ0n) is 4.94. The van der Waals surface area contributed by atoms with E-state index in [-0.39, 0.29) is 0 Å². The van der Waals surface area contributed by atoms with Crippen molar-refractivity contribution in [3.8, 4) is 0 Å². The van der Waals surface area contributed by atoms with Gasteiger partial charge in [-0.3, -0.25) is 4.79 Å². The Bertz CT molecular complexity index is 108. The topological polar surface area (TPSA) is 72.5 Å². The second kappa shape index (κ2) is 3.71. The number of aliphatic carboxylic acids is 1. The van der Waals surface area contributed by atoms with Gasteiger partial charge in [0, 0.05) is 0 Å². The van der Waals surface area contributed by atoms with Gasteiger partial charge in [-0.2, -0.15) is 0 Å². The molecule has 0 saturated carbocycles. The molecule has 54 valence electrons. The second-order valence-electron chi connectivity index (χ2n) is 1.67. The third-order valence-corrected chi connectivity index (χ3v) is 1.29. The van der Waals surface area contributed by atoms with Crippen molar-refractivity contribution >= 4 is 18.9 Å². The minimum atomic E-state index is -1.09. The zero-order chi connectivity index (χ0) is 7.44. The summed E-state index contributed by atoms with van der Waals surface area (Å²) in [5, 5.41) is 8.24. The van der Waals surface area contributed by atoms with Crippen LogP contribution in [0.4, 0.5) is 0 Å². The fourth-order valence-electron chi connectivity index (χ4n) is 0.266. The summed E-state index contributed by atoms with van der Waals surface area (Å²) in [4.78, 5) is 10.1. The maximum atomic E-state index is 10.1. The van der Waals surface area contributed by atoms with E-state index in [0.29, 0.717) is 0 Å². The molecule has 0 rings (SSSR count). The molecular weight excluding hydrogens is 142 g/mol. The Balaban J connectivity index is 3.72. The number of hydrogen-bond donors (Lipinski definition) is 3. The number of hydrogen-bond acceptors (Lipinski definition) is 4. The monoisotopic (exact) mass is 151 g/mol. The van der Waals surface area contributed by atoms with Gasteiger partial charge in [0.2, 0.25) is 0 Å². The van der Waals surface area contributed by atoms with Crippen molar-refractivity contribution in [1.82, 2.24) is 0 Å². The minimum Gasteiger partial charge on any atom is -0.480 e. The molecule has 0 unspecified atom stereocenters. The van der Waals surface area contributed by atoms with Crippen molar-refractivity contribution < 1.29 is 14.1 Å². The van der Waals surface area contributed by atoms with Gasteiger partial charge < -0.3 is 15.0 Å². The third kappa shape index (κ3) is 2.69. The van der Waals surface area contributed by atoms with Crippen LogP contribution in [0.15, 0.2) is 0 Å². The highest BCUT2D eigenvalue weighted by Crippen LogP contribution is 1.97. The summed E-state index contributed by atoms with van der Waals surface area (Å²) in [5.41, 5.74) is 5.10. The lowest BCUT2D eigenvalue weighted by molar-refractivity contribution is -0.140. The lowest BCUT2D eigenvalue weighted by Gasteiger charge is -2.11. The second-order valence-corrected chi connectivity index (χ2v) is 1.89. The van der Waals surface area contributed by atoms with E-state index in [1.807, 2.05) is 0 Å². The Kier molecular flexibility index (Phi) is 3.60. The number of carboxylic acids is 1. The van der Waals surface area contributed by atoms with Gasteiger partial charge in [-0.05, 0) is 19.8 Å². The van der Waals surface area contributed by atoms with Gasteiger partial charge in [0.05, 0.1) is 6.10 Å². The van der Waals surface area contributed by atoms with Crippen molar-refractivity contribution in [2.45, 2.75) is 19.1 Å². The molecule has 0 aromatic rings. The molecule has 0 aliphatic carbocycles. The first-order valence-corrected chi connectivity index (χ1v) is 2.74. The highest BCUT2D eigenvalue weighted by atomic mass is 32.1. The summed E-state index contributed by atoms with van der Waals surface area (Å²) in [5.74, 6) is -1.09. The third-order valence-electron chi connectivity index (χ3n) is 0.957. The van der Waals surface area contributed by atoms with Gasteiger partial charge in [-0.1, -0.05) is 0 Å². The minimum absolute atomic E-state index is 0.564. The number of carboxylic acid groups (broad SMARTS) is 1. The highest BCUT2D eigenvalue weighted by Gasteiger charge is 2.19. The van der Waals surface area contributed by atoms with Crippen LogP contribution in [0.3, 0.4) is 0 Å². The average Bonchev–Trinajstić information content (AvgIpc) is 1.84. The molecule has 0 spiro atoms. The molecule has 0 heterocycles. The number of nitrogens with two attached hydrogens (primary N) is 1. The standard InChI is InChI=1S/C4H9NO3S/c1-2(8-9)3(5)4(6)7/h2-3,9H,5H2,1H3,(H,6,7)/t2-,3+/m1/s1. The van der Waals surface area contributed by atoms with Crippen LogP contribution in [0, 0.1) is 0 Å². The first kappa shape index (κ1) is 8.74.